The van der Waals surface area contributed by atoms with Gasteiger partial charge in [0, 0.05) is 5.38 Å². The van der Waals surface area contributed by atoms with Crippen molar-refractivity contribution in [2.24, 2.45) is 0 Å². The quantitative estimate of drug-likeness (QED) is 0.865. The van der Waals surface area contributed by atoms with Gasteiger partial charge >= 0.3 is 5.97 Å². The Hall–Kier alpha value is -1.81. The van der Waals surface area contributed by atoms with E-state index in [9.17, 15) is 4.79 Å². The first kappa shape index (κ1) is 13.6. The van der Waals surface area contributed by atoms with Gasteiger partial charge in [-0.2, -0.15) is 0 Å². The maximum atomic E-state index is 11.7. The Kier molecular flexibility index (Phi) is 4.22. The molecule has 19 heavy (non-hydrogen) atoms. The highest BCUT2D eigenvalue weighted by atomic mass is 32.1. The van der Waals surface area contributed by atoms with Gasteiger partial charge in [0.2, 0.25) is 0 Å². The molecule has 0 unspecified atom stereocenters. The second-order valence-electron chi connectivity index (χ2n) is 4.15. The van der Waals surface area contributed by atoms with Crippen LogP contribution in [0.5, 0.6) is 0 Å². The van der Waals surface area contributed by atoms with Crippen LogP contribution >= 0.6 is 11.3 Å². The molecule has 0 saturated carbocycles. The normalized spacial score (nSPS) is 10.4. The van der Waals surface area contributed by atoms with Gasteiger partial charge in [-0.15, -0.1) is 11.3 Å². The molecule has 1 heterocycles. The predicted molar refractivity (Wildman–Crippen MR) is 79.5 cm³/mol. The maximum absolute atomic E-state index is 11.7. The fourth-order valence-electron chi connectivity index (χ4n) is 2.03. The molecule has 2 rings (SSSR count). The van der Waals surface area contributed by atoms with Crippen molar-refractivity contribution < 1.29 is 9.53 Å². The molecule has 1 aromatic heterocycles. The third kappa shape index (κ3) is 2.79. The predicted octanol–water partition coefficient (Wildman–Crippen LogP) is 3.74. The van der Waals surface area contributed by atoms with Gasteiger partial charge in [0.25, 0.3) is 0 Å². The molecule has 0 saturated heterocycles. The third-order valence-electron chi connectivity index (χ3n) is 2.96. The van der Waals surface area contributed by atoms with Crippen molar-refractivity contribution in [1.82, 2.24) is 0 Å². The number of hydrogen-bond donors (Lipinski definition) is 1. The number of benzene rings is 1. The molecular formula is C15H17NO2S. The minimum atomic E-state index is -0.286. The first-order chi connectivity index (χ1) is 9.17. The van der Waals surface area contributed by atoms with Crippen LogP contribution in [0, 0.1) is 0 Å². The molecule has 0 fully saturated rings. The van der Waals surface area contributed by atoms with Crippen molar-refractivity contribution in [1.29, 1.82) is 0 Å². The Labute approximate surface area is 117 Å². The monoisotopic (exact) mass is 275 g/mol. The summed E-state index contributed by atoms with van der Waals surface area (Å²) in [6.45, 7) is 4.27. The van der Waals surface area contributed by atoms with Crippen LogP contribution in [-0.2, 0) is 11.2 Å². The lowest BCUT2D eigenvalue weighted by Crippen LogP contribution is -2.04. The minimum absolute atomic E-state index is 0.286. The zero-order chi connectivity index (χ0) is 13.8. The van der Waals surface area contributed by atoms with E-state index in [1.165, 1.54) is 11.3 Å². The average Bonchev–Trinajstić information content (AvgIpc) is 2.80. The molecule has 0 aliphatic rings. The van der Waals surface area contributed by atoms with Crippen molar-refractivity contribution in [3.05, 3.63) is 40.8 Å². The highest BCUT2D eigenvalue weighted by Gasteiger charge is 2.12. The maximum Gasteiger partial charge on any atom is 0.338 e. The van der Waals surface area contributed by atoms with E-state index in [1.54, 1.807) is 13.0 Å². The van der Waals surface area contributed by atoms with Gasteiger partial charge in [0.05, 0.1) is 17.2 Å². The summed E-state index contributed by atoms with van der Waals surface area (Å²) in [5.41, 5.74) is 9.80. The summed E-state index contributed by atoms with van der Waals surface area (Å²) >= 11 is 1.54. The van der Waals surface area contributed by atoms with Crippen LogP contribution in [0.25, 0.3) is 11.1 Å². The smallest absolute Gasteiger partial charge is 0.338 e. The van der Waals surface area contributed by atoms with Gasteiger partial charge in [0.1, 0.15) is 0 Å². The molecule has 0 spiro atoms. The zero-order valence-corrected chi connectivity index (χ0v) is 11.9. The van der Waals surface area contributed by atoms with Gasteiger partial charge in [-0.25, -0.2) is 4.79 Å². The summed E-state index contributed by atoms with van der Waals surface area (Å²) in [5, 5.41) is 2.89. The number of nitrogens with two attached hydrogens (primary N) is 1. The second kappa shape index (κ2) is 5.89. The van der Waals surface area contributed by atoms with Crippen molar-refractivity contribution in [2.45, 2.75) is 20.3 Å². The molecule has 0 aliphatic heterocycles. The molecule has 0 atom stereocenters. The van der Waals surface area contributed by atoms with E-state index in [0.29, 0.717) is 12.2 Å². The summed E-state index contributed by atoms with van der Waals surface area (Å²) in [7, 11) is 0. The van der Waals surface area contributed by atoms with Crippen molar-refractivity contribution in [2.75, 3.05) is 12.3 Å². The van der Waals surface area contributed by atoms with Gasteiger partial charge in [-0.1, -0.05) is 19.1 Å². The number of carbonyl (C=O) groups is 1. The third-order valence-corrected chi connectivity index (χ3v) is 3.82. The highest BCUT2D eigenvalue weighted by molar-refractivity contribution is 7.14. The van der Waals surface area contributed by atoms with Crippen molar-refractivity contribution in [3.8, 4) is 11.1 Å². The summed E-state index contributed by atoms with van der Waals surface area (Å²) < 4.78 is 5.02. The van der Waals surface area contributed by atoms with Crippen LogP contribution in [0.15, 0.2) is 29.6 Å². The molecule has 3 nitrogen and oxygen atoms in total. The van der Waals surface area contributed by atoms with Gasteiger partial charge in [-0.3, -0.25) is 0 Å². The second-order valence-corrected chi connectivity index (χ2v) is 5.06. The number of thiophene rings is 1. The number of ether oxygens (including phenoxy) is 1. The van der Waals surface area contributed by atoms with Crippen LogP contribution in [-0.4, -0.2) is 12.6 Å². The number of nitrogen functional groups attached to an aromatic ring is 1. The van der Waals surface area contributed by atoms with Crippen LogP contribution in [0.1, 0.15) is 29.8 Å². The Morgan fingerprint density at radius 1 is 1.37 bits per heavy atom. The first-order valence-corrected chi connectivity index (χ1v) is 7.18. The van der Waals surface area contributed by atoms with Crippen LogP contribution in [0.3, 0.4) is 0 Å². The lowest BCUT2D eigenvalue weighted by Gasteiger charge is -2.06. The molecule has 2 N–H and O–H groups in total. The van der Waals surface area contributed by atoms with E-state index in [-0.39, 0.29) is 5.97 Å². The standard InChI is InChI=1S/C15H17NO2S/c1-3-12-13(9-19-14(12)16)10-6-5-7-11(8-10)15(17)18-4-2/h5-9H,3-4,16H2,1-2H3. The topological polar surface area (TPSA) is 52.3 Å². The van der Waals surface area contributed by atoms with E-state index in [1.807, 2.05) is 23.6 Å². The molecular weight excluding hydrogens is 258 g/mol. The van der Waals surface area contributed by atoms with Gasteiger partial charge < -0.3 is 10.5 Å². The van der Waals surface area contributed by atoms with E-state index >= 15 is 0 Å². The number of hydrogen-bond acceptors (Lipinski definition) is 4. The SMILES string of the molecule is CCOC(=O)c1cccc(-c2csc(N)c2CC)c1. The van der Waals surface area contributed by atoms with Crippen LogP contribution < -0.4 is 5.73 Å². The Bertz CT molecular complexity index is 590. The van der Waals surface area contributed by atoms with E-state index in [4.69, 9.17) is 10.5 Å². The van der Waals surface area contributed by atoms with Gasteiger partial charge in [-0.05, 0) is 42.2 Å². The number of anilines is 1. The molecule has 0 amide bonds. The molecule has 0 aliphatic carbocycles. The highest BCUT2D eigenvalue weighted by Crippen LogP contribution is 2.34. The Morgan fingerprint density at radius 3 is 2.84 bits per heavy atom. The molecule has 1 aromatic carbocycles. The zero-order valence-electron chi connectivity index (χ0n) is 11.1. The van der Waals surface area contributed by atoms with E-state index < -0.39 is 0 Å². The molecule has 0 bridgehead atoms. The molecule has 2 aromatic rings. The lowest BCUT2D eigenvalue weighted by molar-refractivity contribution is 0.0526. The number of carbonyl (C=O) groups excluding carboxylic acids is 1. The summed E-state index contributed by atoms with van der Waals surface area (Å²) in [6.07, 6.45) is 0.883. The average molecular weight is 275 g/mol. The van der Waals surface area contributed by atoms with E-state index in [0.717, 1.165) is 28.1 Å². The fourth-order valence-corrected chi connectivity index (χ4v) is 2.95. The molecule has 0 radical (unpaired) electrons. The molecule has 4 heteroatoms. The van der Waals surface area contributed by atoms with Crippen LogP contribution in [0.2, 0.25) is 0 Å². The summed E-state index contributed by atoms with van der Waals surface area (Å²) in [5.74, 6) is -0.286. The number of esters is 1. The largest absolute Gasteiger partial charge is 0.462 e. The fraction of sp³-hybridized carbons (Fsp3) is 0.267. The van der Waals surface area contributed by atoms with E-state index in [2.05, 4.69) is 6.92 Å². The lowest BCUT2D eigenvalue weighted by atomic mass is 10.0. The Balaban J connectivity index is 2.40. The van der Waals surface area contributed by atoms with Crippen molar-refractivity contribution >= 4 is 22.3 Å². The summed E-state index contributed by atoms with van der Waals surface area (Å²) in [4.78, 5) is 11.7. The minimum Gasteiger partial charge on any atom is -0.462 e. The van der Waals surface area contributed by atoms with Crippen molar-refractivity contribution in [3.63, 3.8) is 0 Å². The van der Waals surface area contributed by atoms with Gasteiger partial charge in [0.15, 0.2) is 0 Å². The first-order valence-electron chi connectivity index (χ1n) is 6.30. The van der Waals surface area contributed by atoms with Crippen LogP contribution in [0.4, 0.5) is 5.00 Å². The molecule has 100 valence electrons. The Morgan fingerprint density at radius 2 is 2.16 bits per heavy atom. The number of rotatable bonds is 4. The summed E-state index contributed by atoms with van der Waals surface area (Å²) in [6, 6.07) is 7.49.